The predicted octanol–water partition coefficient (Wildman–Crippen LogP) is 5.66. The molecule has 0 saturated carbocycles. The number of hydrogen-bond acceptors (Lipinski definition) is 2. The third-order valence-electron chi connectivity index (χ3n) is 5.16. The molecule has 1 atom stereocenters. The Morgan fingerprint density at radius 3 is 2.52 bits per heavy atom. The Bertz CT molecular complexity index is 1150. The molecule has 2 amide bonds. The summed E-state index contributed by atoms with van der Waals surface area (Å²) in [5.41, 5.74) is 3.66. The summed E-state index contributed by atoms with van der Waals surface area (Å²) < 4.78 is 18.9. The van der Waals surface area contributed by atoms with E-state index in [1.807, 2.05) is 49.5 Å². The van der Waals surface area contributed by atoms with Crippen molar-refractivity contribution >= 4 is 22.6 Å². The average molecular weight is 417 g/mol. The van der Waals surface area contributed by atoms with Crippen LogP contribution in [0.2, 0.25) is 0 Å². The minimum Gasteiger partial charge on any atom is -0.494 e. The van der Waals surface area contributed by atoms with Gasteiger partial charge in [-0.2, -0.15) is 0 Å². The lowest BCUT2D eigenvalue weighted by atomic mass is 9.91. The van der Waals surface area contributed by atoms with Crippen LogP contribution in [0, 0.1) is 5.82 Å². The van der Waals surface area contributed by atoms with E-state index >= 15 is 0 Å². The number of hydrogen-bond donors (Lipinski definition) is 3. The zero-order valence-corrected chi connectivity index (χ0v) is 17.2. The number of aromatic nitrogens is 1. The van der Waals surface area contributed by atoms with Crippen LogP contribution in [0.15, 0.2) is 79.0 Å². The molecular formula is C25H24FN3O2. The summed E-state index contributed by atoms with van der Waals surface area (Å²) in [6.45, 7) is 2.87. The zero-order chi connectivity index (χ0) is 21.6. The number of ether oxygens (including phenoxy) is 1. The van der Waals surface area contributed by atoms with Gasteiger partial charge in [-0.05, 0) is 60.5 Å². The van der Waals surface area contributed by atoms with Crippen molar-refractivity contribution < 1.29 is 13.9 Å². The van der Waals surface area contributed by atoms with Crippen LogP contribution < -0.4 is 15.4 Å². The zero-order valence-electron chi connectivity index (χ0n) is 17.2. The molecule has 0 saturated heterocycles. The number of halogens is 1. The van der Waals surface area contributed by atoms with Gasteiger partial charge in [-0.25, -0.2) is 9.18 Å². The highest BCUT2D eigenvalue weighted by molar-refractivity contribution is 5.89. The number of benzene rings is 3. The molecule has 1 heterocycles. The Labute approximate surface area is 180 Å². The molecule has 3 aromatic carbocycles. The summed E-state index contributed by atoms with van der Waals surface area (Å²) in [7, 11) is 0. The molecule has 0 spiro atoms. The first-order chi connectivity index (χ1) is 15.1. The van der Waals surface area contributed by atoms with Crippen molar-refractivity contribution in [2.24, 2.45) is 0 Å². The first kappa shape index (κ1) is 20.5. The van der Waals surface area contributed by atoms with Gasteiger partial charge in [0, 0.05) is 35.2 Å². The monoisotopic (exact) mass is 417 g/mol. The summed E-state index contributed by atoms with van der Waals surface area (Å²) in [5.74, 6) is 0.328. The van der Waals surface area contributed by atoms with Gasteiger partial charge >= 0.3 is 6.03 Å². The number of amides is 2. The molecule has 6 heteroatoms. The highest BCUT2D eigenvalue weighted by atomic mass is 19.1. The number of nitrogens with one attached hydrogen (secondary N) is 3. The number of carbonyl (C=O) groups excluding carboxylic acids is 1. The standard InChI is InChI=1S/C25H24FN3O2/c1-2-31-20-13-11-19(12-14-20)29-25(30)28-15-22(17-7-9-18(26)10-8-17)23-16-27-24-6-4-3-5-21(23)24/h3-14,16,22,27H,2,15H2,1H3,(H2,28,29,30). The van der Waals surface area contributed by atoms with Crippen molar-refractivity contribution in [1.82, 2.24) is 10.3 Å². The van der Waals surface area contributed by atoms with Crippen LogP contribution in [0.1, 0.15) is 24.0 Å². The van der Waals surface area contributed by atoms with Crippen molar-refractivity contribution in [2.75, 3.05) is 18.5 Å². The Kier molecular flexibility index (Phi) is 6.17. The van der Waals surface area contributed by atoms with Crippen molar-refractivity contribution in [3.8, 4) is 5.75 Å². The van der Waals surface area contributed by atoms with Gasteiger partial charge in [0.2, 0.25) is 0 Å². The quantitative estimate of drug-likeness (QED) is 0.363. The normalized spacial score (nSPS) is 11.8. The van der Waals surface area contributed by atoms with Crippen LogP contribution in [-0.2, 0) is 0 Å². The van der Waals surface area contributed by atoms with Gasteiger partial charge < -0.3 is 20.4 Å². The van der Waals surface area contributed by atoms with Crippen molar-refractivity contribution in [1.29, 1.82) is 0 Å². The SMILES string of the molecule is CCOc1ccc(NC(=O)NCC(c2ccc(F)cc2)c2c[nH]c3ccccc23)cc1. The molecule has 0 aliphatic heterocycles. The van der Waals surface area contributed by atoms with E-state index in [9.17, 15) is 9.18 Å². The lowest BCUT2D eigenvalue weighted by Gasteiger charge is -2.18. The van der Waals surface area contributed by atoms with E-state index in [1.54, 1.807) is 24.3 Å². The van der Waals surface area contributed by atoms with Crippen LogP contribution in [0.5, 0.6) is 5.75 Å². The number of H-pyrrole nitrogens is 1. The fourth-order valence-electron chi connectivity index (χ4n) is 3.66. The number of aromatic amines is 1. The third-order valence-corrected chi connectivity index (χ3v) is 5.16. The lowest BCUT2D eigenvalue weighted by Crippen LogP contribution is -2.32. The van der Waals surface area contributed by atoms with Gasteiger partial charge in [0.05, 0.1) is 6.61 Å². The Hall–Kier alpha value is -3.80. The molecule has 0 bridgehead atoms. The molecule has 4 aromatic rings. The summed E-state index contributed by atoms with van der Waals surface area (Å²) >= 11 is 0. The number of rotatable bonds is 7. The largest absolute Gasteiger partial charge is 0.494 e. The molecule has 4 rings (SSSR count). The first-order valence-electron chi connectivity index (χ1n) is 10.2. The summed E-state index contributed by atoms with van der Waals surface area (Å²) in [6, 6.07) is 21.3. The number of urea groups is 1. The maximum atomic E-state index is 13.5. The van der Waals surface area contributed by atoms with Crippen molar-refractivity contribution in [2.45, 2.75) is 12.8 Å². The van der Waals surface area contributed by atoms with Gasteiger partial charge in [-0.15, -0.1) is 0 Å². The second-order valence-corrected chi connectivity index (χ2v) is 7.19. The van der Waals surface area contributed by atoms with Gasteiger partial charge in [-0.3, -0.25) is 0 Å². The predicted molar refractivity (Wildman–Crippen MR) is 121 cm³/mol. The maximum Gasteiger partial charge on any atom is 0.319 e. The Morgan fingerprint density at radius 1 is 1.03 bits per heavy atom. The molecule has 0 fully saturated rings. The molecule has 5 nitrogen and oxygen atoms in total. The average Bonchev–Trinajstić information content (AvgIpc) is 3.21. The van der Waals surface area contributed by atoms with Crippen LogP contribution >= 0.6 is 0 Å². The molecule has 1 unspecified atom stereocenters. The van der Waals surface area contributed by atoms with E-state index in [4.69, 9.17) is 4.74 Å². The minimum absolute atomic E-state index is 0.136. The number of carbonyl (C=O) groups is 1. The molecule has 0 aliphatic carbocycles. The fourth-order valence-corrected chi connectivity index (χ4v) is 3.66. The molecular weight excluding hydrogens is 393 g/mol. The molecule has 158 valence electrons. The van der Waals surface area contributed by atoms with E-state index in [-0.39, 0.29) is 17.8 Å². The van der Waals surface area contributed by atoms with Crippen LogP contribution in [-0.4, -0.2) is 24.2 Å². The molecule has 0 aliphatic rings. The first-order valence-corrected chi connectivity index (χ1v) is 10.2. The Morgan fingerprint density at radius 2 is 1.77 bits per heavy atom. The van der Waals surface area contributed by atoms with Crippen molar-refractivity contribution in [3.05, 3.63) is 95.9 Å². The molecule has 1 aromatic heterocycles. The summed E-state index contributed by atoms with van der Waals surface area (Å²) in [4.78, 5) is 15.8. The third kappa shape index (κ3) is 4.86. The van der Waals surface area contributed by atoms with Crippen molar-refractivity contribution in [3.63, 3.8) is 0 Å². The smallest absolute Gasteiger partial charge is 0.319 e. The second kappa shape index (κ2) is 9.34. The maximum absolute atomic E-state index is 13.5. The summed E-state index contributed by atoms with van der Waals surface area (Å²) in [5, 5.41) is 6.86. The molecule has 0 radical (unpaired) electrons. The van der Waals surface area contributed by atoms with E-state index in [1.165, 1.54) is 12.1 Å². The lowest BCUT2D eigenvalue weighted by molar-refractivity contribution is 0.252. The highest BCUT2D eigenvalue weighted by Gasteiger charge is 2.19. The van der Waals surface area contributed by atoms with Gasteiger partial charge in [0.15, 0.2) is 0 Å². The molecule has 31 heavy (non-hydrogen) atoms. The molecule has 3 N–H and O–H groups in total. The second-order valence-electron chi connectivity index (χ2n) is 7.19. The summed E-state index contributed by atoms with van der Waals surface area (Å²) in [6.07, 6.45) is 1.95. The van der Waals surface area contributed by atoms with Crippen LogP contribution in [0.25, 0.3) is 10.9 Å². The minimum atomic E-state index is -0.309. The van der Waals surface area contributed by atoms with Gasteiger partial charge in [-0.1, -0.05) is 30.3 Å². The Balaban J connectivity index is 1.51. The van der Waals surface area contributed by atoms with Gasteiger partial charge in [0.25, 0.3) is 0 Å². The van der Waals surface area contributed by atoms with E-state index < -0.39 is 0 Å². The van der Waals surface area contributed by atoms with E-state index in [0.29, 0.717) is 18.8 Å². The van der Waals surface area contributed by atoms with E-state index in [2.05, 4.69) is 15.6 Å². The van der Waals surface area contributed by atoms with Gasteiger partial charge in [0.1, 0.15) is 11.6 Å². The topological polar surface area (TPSA) is 66.2 Å². The highest BCUT2D eigenvalue weighted by Crippen LogP contribution is 2.30. The van der Waals surface area contributed by atoms with Crippen LogP contribution in [0.4, 0.5) is 14.9 Å². The number of para-hydroxylation sites is 1. The fraction of sp³-hybridized carbons (Fsp3) is 0.160. The van der Waals surface area contributed by atoms with E-state index in [0.717, 1.165) is 27.8 Å². The number of fused-ring (bicyclic) bond motifs is 1. The van der Waals surface area contributed by atoms with Crippen LogP contribution in [0.3, 0.4) is 0 Å². The number of anilines is 1.